The van der Waals surface area contributed by atoms with Gasteiger partial charge in [-0.2, -0.15) is 5.26 Å². The van der Waals surface area contributed by atoms with Crippen LogP contribution in [0.5, 0.6) is 0 Å². The molecule has 0 saturated heterocycles. The Bertz CT molecular complexity index is 333. The molecule has 0 amide bonds. The number of aromatic nitrogens is 1. The molecule has 1 rings (SSSR count). The van der Waals surface area contributed by atoms with E-state index in [2.05, 4.69) is 11.1 Å². The Morgan fingerprint density at radius 2 is 2.38 bits per heavy atom. The summed E-state index contributed by atoms with van der Waals surface area (Å²) in [6.45, 7) is 1.88. The van der Waals surface area contributed by atoms with Crippen molar-refractivity contribution in [3.05, 3.63) is 23.4 Å². The number of nitrogens with zero attached hydrogens (tertiary/aromatic N) is 2. The van der Waals surface area contributed by atoms with Crippen LogP contribution in [0.15, 0.2) is 17.2 Å². The van der Waals surface area contributed by atoms with Gasteiger partial charge in [-0.05, 0) is 19.1 Å². The normalized spacial score (nSPS) is 9.62. The molecule has 0 bridgehead atoms. The third kappa shape index (κ3) is 3.25. The van der Waals surface area contributed by atoms with E-state index in [1.54, 1.807) is 23.9 Å². The van der Waals surface area contributed by atoms with Crippen molar-refractivity contribution in [1.29, 1.82) is 5.26 Å². The molecule has 1 aromatic rings. The van der Waals surface area contributed by atoms with Crippen molar-refractivity contribution in [1.82, 2.24) is 4.98 Å². The van der Waals surface area contributed by atoms with Gasteiger partial charge in [0.25, 0.3) is 0 Å². The maximum absolute atomic E-state index is 8.70. The highest BCUT2D eigenvalue weighted by molar-refractivity contribution is 7.99. The number of aryl methyl sites for hydroxylation is 1. The minimum Gasteiger partial charge on any atom is -0.247 e. The van der Waals surface area contributed by atoms with Crippen molar-refractivity contribution in [3.8, 4) is 6.07 Å². The predicted octanol–water partition coefficient (Wildman–Crippen LogP) is 2.59. The third-order valence-electron chi connectivity index (χ3n) is 1.39. The average Bonchev–Trinajstić information content (AvgIpc) is 2.14. The number of rotatable bonds is 3. The smallest absolute Gasteiger partial charge is 0.0993 e. The van der Waals surface area contributed by atoms with Crippen LogP contribution in [0.3, 0.4) is 0 Å². The van der Waals surface area contributed by atoms with E-state index < -0.39 is 0 Å². The molecule has 0 saturated carbocycles. The van der Waals surface area contributed by atoms with Crippen LogP contribution in [0.4, 0.5) is 0 Å². The van der Waals surface area contributed by atoms with Crippen LogP contribution in [0.2, 0.25) is 0 Å². The number of hydrogen-bond acceptors (Lipinski definition) is 3. The fourth-order valence-corrected chi connectivity index (χ4v) is 1.86. The van der Waals surface area contributed by atoms with Crippen molar-refractivity contribution < 1.29 is 0 Å². The Labute approximate surface area is 86.9 Å². The lowest BCUT2D eigenvalue weighted by Gasteiger charge is -2.00. The molecule has 0 spiro atoms. The van der Waals surface area contributed by atoms with Crippen LogP contribution in [0, 0.1) is 18.3 Å². The molecule has 0 N–H and O–H groups in total. The van der Waals surface area contributed by atoms with Crippen LogP contribution in [0.25, 0.3) is 0 Å². The van der Waals surface area contributed by atoms with Gasteiger partial charge in [-0.3, -0.25) is 0 Å². The summed E-state index contributed by atoms with van der Waals surface area (Å²) in [4.78, 5) is 4.27. The van der Waals surface area contributed by atoms with Gasteiger partial charge in [0.05, 0.1) is 16.7 Å². The summed E-state index contributed by atoms with van der Waals surface area (Å²) >= 11 is 7.12. The standard InChI is InChI=1S/C9H9ClN2S/c1-7-4-8(6-11)5-9(12-7)13-3-2-10/h4-5H,2-3H2,1H3. The first-order valence-electron chi connectivity index (χ1n) is 3.84. The van der Waals surface area contributed by atoms with Crippen LogP contribution in [-0.2, 0) is 0 Å². The van der Waals surface area contributed by atoms with E-state index in [0.717, 1.165) is 16.5 Å². The zero-order chi connectivity index (χ0) is 9.68. The molecule has 0 aliphatic rings. The molecular weight excluding hydrogens is 204 g/mol. The van der Waals surface area contributed by atoms with Crippen LogP contribution >= 0.6 is 23.4 Å². The highest BCUT2D eigenvalue weighted by atomic mass is 35.5. The Kier molecular flexibility index (Phi) is 4.07. The lowest BCUT2D eigenvalue weighted by Crippen LogP contribution is -1.89. The number of pyridine rings is 1. The van der Waals surface area contributed by atoms with E-state index in [-0.39, 0.29) is 0 Å². The molecule has 0 radical (unpaired) electrons. The summed E-state index contributed by atoms with van der Waals surface area (Å²) in [7, 11) is 0. The third-order valence-corrected chi connectivity index (χ3v) is 2.71. The topological polar surface area (TPSA) is 36.7 Å². The van der Waals surface area contributed by atoms with E-state index in [1.165, 1.54) is 0 Å². The Morgan fingerprint density at radius 1 is 1.62 bits per heavy atom. The first kappa shape index (κ1) is 10.4. The lowest BCUT2D eigenvalue weighted by molar-refractivity contribution is 1.06. The summed E-state index contributed by atoms with van der Waals surface area (Å²) in [6.07, 6.45) is 0. The van der Waals surface area contributed by atoms with E-state index in [9.17, 15) is 0 Å². The van der Waals surface area contributed by atoms with Crippen molar-refractivity contribution >= 4 is 23.4 Å². The van der Waals surface area contributed by atoms with Gasteiger partial charge in [-0.25, -0.2) is 4.98 Å². The molecule has 4 heteroatoms. The van der Waals surface area contributed by atoms with E-state index in [0.29, 0.717) is 11.4 Å². The molecule has 0 aromatic carbocycles. The Balaban J connectivity index is 2.83. The molecular formula is C9H9ClN2S. The molecule has 1 heterocycles. The Morgan fingerprint density at radius 3 is 3.00 bits per heavy atom. The van der Waals surface area contributed by atoms with Crippen LogP contribution in [-0.4, -0.2) is 16.6 Å². The fraction of sp³-hybridized carbons (Fsp3) is 0.333. The SMILES string of the molecule is Cc1cc(C#N)cc(SCCCl)n1. The van der Waals surface area contributed by atoms with Gasteiger partial charge in [0.1, 0.15) is 0 Å². The summed E-state index contributed by atoms with van der Waals surface area (Å²) in [6, 6.07) is 5.65. The van der Waals surface area contributed by atoms with Gasteiger partial charge in [-0.15, -0.1) is 23.4 Å². The van der Waals surface area contributed by atoms with E-state index in [4.69, 9.17) is 16.9 Å². The van der Waals surface area contributed by atoms with Crippen LogP contribution < -0.4 is 0 Å². The highest BCUT2D eigenvalue weighted by Gasteiger charge is 1.99. The van der Waals surface area contributed by atoms with Gasteiger partial charge in [-0.1, -0.05) is 0 Å². The number of nitriles is 1. The highest BCUT2D eigenvalue weighted by Crippen LogP contribution is 2.17. The number of alkyl halides is 1. The van der Waals surface area contributed by atoms with Gasteiger partial charge < -0.3 is 0 Å². The maximum atomic E-state index is 8.70. The number of hydrogen-bond donors (Lipinski definition) is 0. The second-order valence-corrected chi connectivity index (χ2v) is 3.98. The van der Waals surface area contributed by atoms with Crippen molar-refractivity contribution in [2.45, 2.75) is 11.9 Å². The minimum absolute atomic E-state index is 0.599. The van der Waals surface area contributed by atoms with Crippen LogP contribution in [0.1, 0.15) is 11.3 Å². The summed E-state index contributed by atoms with van der Waals surface area (Å²) in [5.74, 6) is 1.42. The van der Waals surface area contributed by atoms with Gasteiger partial charge >= 0.3 is 0 Å². The first-order chi connectivity index (χ1) is 6.26. The molecule has 2 nitrogen and oxygen atoms in total. The number of thioether (sulfide) groups is 1. The van der Waals surface area contributed by atoms with Crippen molar-refractivity contribution in [2.24, 2.45) is 0 Å². The van der Waals surface area contributed by atoms with Gasteiger partial charge in [0.2, 0.25) is 0 Å². The molecule has 0 unspecified atom stereocenters. The number of halogens is 1. The molecule has 13 heavy (non-hydrogen) atoms. The summed E-state index contributed by atoms with van der Waals surface area (Å²) in [5.41, 5.74) is 1.53. The van der Waals surface area contributed by atoms with Crippen molar-refractivity contribution in [2.75, 3.05) is 11.6 Å². The minimum atomic E-state index is 0.599. The Hall–Kier alpha value is -0.720. The second-order valence-electron chi connectivity index (χ2n) is 2.48. The predicted molar refractivity (Wildman–Crippen MR) is 55.1 cm³/mol. The molecule has 0 aliphatic carbocycles. The van der Waals surface area contributed by atoms with E-state index >= 15 is 0 Å². The molecule has 0 fully saturated rings. The molecule has 1 aromatic heterocycles. The summed E-state index contributed by atoms with van der Waals surface area (Å²) in [5, 5.41) is 9.57. The zero-order valence-electron chi connectivity index (χ0n) is 7.25. The average molecular weight is 213 g/mol. The molecule has 0 aliphatic heterocycles. The van der Waals surface area contributed by atoms with Crippen molar-refractivity contribution in [3.63, 3.8) is 0 Å². The van der Waals surface area contributed by atoms with Gasteiger partial charge in [0.15, 0.2) is 0 Å². The monoisotopic (exact) mass is 212 g/mol. The fourth-order valence-electron chi connectivity index (χ4n) is 0.920. The summed E-state index contributed by atoms with van der Waals surface area (Å²) < 4.78 is 0. The second kappa shape index (κ2) is 5.11. The lowest BCUT2D eigenvalue weighted by atomic mass is 10.2. The molecule has 68 valence electrons. The quantitative estimate of drug-likeness (QED) is 0.571. The van der Waals surface area contributed by atoms with E-state index in [1.807, 2.05) is 6.92 Å². The zero-order valence-corrected chi connectivity index (χ0v) is 8.82. The van der Waals surface area contributed by atoms with Gasteiger partial charge in [0, 0.05) is 17.3 Å². The maximum Gasteiger partial charge on any atom is 0.0993 e. The largest absolute Gasteiger partial charge is 0.247 e. The first-order valence-corrected chi connectivity index (χ1v) is 5.36. The molecule has 0 atom stereocenters.